The van der Waals surface area contributed by atoms with E-state index in [4.69, 9.17) is 4.74 Å². The van der Waals surface area contributed by atoms with Crippen LogP contribution in [0.15, 0.2) is 0 Å². The Kier molecular flexibility index (Phi) is 2.52. The molecule has 0 spiro atoms. The van der Waals surface area contributed by atoms with E-state index in [9.17, 15) is 0 Å². The molecule has 54 valence electrons. The van der Waals surface area contributed by atoms with Crippen LogP contribution in [0.5, 0.6) is 0 Å². The van der Waals surface area contributed by atoms with Crippen LogP contribution in [0, 0.1) is 5.92 Å². The molecule has 0 aliphatic heterocycles. The first kappa shape index (κ1) is 7.07. The summed E-state index contributed by atoms with van der Waals surface area (Å²) < 4.78 is 5.51. The van der Waals surface area contributed by atoms with Gasteiger partial charge in [-0.3, -0.25) is 0 Å². The molecule has 1 aliphatic carbocycles. The molecule has 0 saturated heterocycles. The summed E-state index contributed by atoms with van der Waals surface area (Å²) in [4.78, 5) is 0. The zero-order valence-corrected chi connectivity index (χ0v) is 6.39. The highest BCUT2D eigenvalue weighted by Gasteiger charge is 2.22. The van der Waals surface area contributed by atoms with Crippen molar-refractivity contribution in [1.82, 2.24) is 0 Å². The lowest BCUT2D eigenvalue weighted by Crippen LogP contribution is -2.05. The van der Waals surface area contributed by atoms with Gasteiger partial charge in [-0.2, -0.15) is 0 Å². The summed E-state index contributed by atoms with van der Waals surface area (Å²) >= 11 is 0. The van der Waals surface area contributed by atoms with Crippen LogP contribution >= 0.6 is 0 Å². The van der Waals surface area contributed by atoms with Gasteiger partial charge in [0.1, 0.15) is 0 Å². The third kappa shape index (κ3) is 2.85. The molecule has 1 heteroatoms. The van der Waals surface area contributed by atoms with E-state index in [0.29, 0.717) is 6.10 Å². The van der Waals surface area contributed by atoms with Gasteiger partial charge in [-0.1, -0.05) is 20.3 Å². The van der Waals surface area contributed by atoms with E-state index in [1.165, 1.54) is 19.3 Å². The normalized spacial score (nSPS) is 22.0. The second kappa shape index (κ2) is 3.21. The van der Waals surface area contributed by atoms with Gasteiger partial charge in [0.25, 0.3) is 0 Å². The number of hydrogen-bond donors (Lipinski definition) is 0. The topological polar surface area (TPSA) is 9.23 Å². The molecule has 1 fully saturated rings. The van der Waals surface area contributed by atoms with Gasteiger partial charge < -0.3 is 4.74 Å². The van der Waals surface area contributed by atoms with Crippen molar-refractivity contribution in [2.45, 2.75) is 39.2 Å². The van der Waals surface area contributed by atoms with Gasteiger partial charge in [0.05, 0.1) is 6.10 Å². The monoisotopic (exact) mass is 128 g/mol. The highest BCUT2D eigenvalue weighted by Crippen LogP contribution is 2.24. The molecular formula is C8H16O. The minimum atomic E-state index is 0.638. The van der Waals surface area contributed by atoms with Crippen molar-refractivity contribution in [2.24, 2.45) is 5.92 Å². The molecule has 1 nitrogen and oxygen atoms in total. The van der Waals surface area contributed by atoms with E-state index >= 15 is 0 Å². The first-order valence-corrected chi connectivity index (χ1v) is 3.94. The molecule has 0 bridgehead atoms. The van der Waals surface area contributed by atoms with Crippen molar-refractivity contribution in [2.75, 3.05) is 6.61 Å². The molecule has 0 aromatic carbocycles. The molecule has 1 rings (SSSR count). The van der Waals surface area contributed by atoms with E-state index in [-0.39, 0.29) is 0 Å². The molecule has 0 amide bonds. The van der Waals surface area contributed by atoms with Crippen LogP contribution in [-0.2, 0) is 4.74 Å². The third-order valence-electron chi connectivity index (χ3n) is 1.84. The third-order valence-corrected chi connectivity index (χ3v) is 1.84. The van der Waals surface area contributed by atoms with Crippen LogP contribution < -0.4 is 0 Å². The molecular weight excluding hydrogens is 112 g/mol. The second-order valence-electron chi connectivity index (χ2n) is 3.05. The largest absolute Gasteiger partial charge is 0.378 e. The van der Waals surface area contributed by atoms with Crippen LogP contribution in [0.1, 0.15) is 33.1 Å². The van der Waals surface area contributed by atoms with Crippen molar-refractivity contribution >= 4 is 0 Å². The maximum Gasteiger partial charge on any atom is 0.0577 e. The summed E-state index contributed by atoms with van der Waals surface area (Å²) in [5, 5.41) is 0. The van der Waals surface area contributed by atoms with E-state index in [2.05, 4.69) is 13.8 Å². The lowest BCUT2D eigenvalue weighted by atomic mass is 10.1. The Morgan fingerprint density at radius 3 is 2.67 bits per heavy atom. The van der Waals surface area contributed by atoms with Gasteiger partial charge >= 0.3 is 0 Å². The summed E-state index contributed by atoms with van der Waals surface area (Å²) in [6.45, 7) is 5.42. The number of hydrogen-bond acceptors (Lipinski definition) is 1. The molecule has 0 N–H and O–H groups in total. The lowest BCUT2D eigenvalue weighted by Gasteiger charge is -2.07. The lowest BCUT2D eigenvalue weighted by molar-refractivity contribution is 0.0901. The summed E-state index contributed by atoms with van der Waals surface area (Å²) in [6.07, 6.45) is 4.48. The Balaban J connectivity index is 1.90. The Morgan fingerprint density at radius 1 is 1.56 bits per heavy atom. The smallest absolute Gasteiger partial charge is 0.0577 e. The van der Waals surface area contributed by atoms with Crippen LogP contribution in [0.4, 0.5) is 0 Å². The fourth-order valence-corrected chi connectivity index (χ4v) is 0.653. The zero-order chi connectivity index (χ0) is 6.69. The number of rotatable bonds is 4. The van der Waals surface area contributed by atoms with Crippen LogP contribution in [-0.4, -0.2) is 12.7 Å². The molecule has 0 radical (unpaired) electrons. The summed E-state index contributed by atoms with van der Waals surface area (Å²) in [5.74, 6) is 0.755. The standard InChI is InChI=1S/C8H16O/c1-3-7(2)6-9-8-4-5-8/h7-8H,3-6H2,1-2H3. The SMILES string of the molecule is CCC(C)COC1CC1. The molecule has 1 atom stereocenters. The first-order chi connectivity index (χ1) is 4.33. The van der Waals surface area contributed by atoms with Gasteiger partial charge in [-0.15, -0.1) is 0 Å². The van der Waals surface area contributed by atoms with Crippen LogP contribution in [0.25, 0.3) is 0 Å². The Bertz CT molecular complexity index is 76.6. The fraction of sp³-hybridized carbons (Fsp3) is 1.00. The first-order valence-electron chi connectivity index (χ1n) is 3.94. The maximum atomic E-state index is 5.51. The highest BCUT2D eigenvalue weighted by molar-refractivity contribution is 4.73. The second-order valence-corrected chi connectivity index (χ2v) is 3.05. The van der Waals surface area contributed by atoms with E-state index in [0.717, 1.165) is 12.5 Å². The Labute approximate surface area is 57.4 Å². The Hall–Kier alpha value is -0.0400. The van der Waals surface area contributed by atoms with Gasteiger partial charge in [-0.25, -0.2) is 0 Å². The summed E-state index contributed by atoms with van der Waals surface area (Å²) in [6, 6.07) is 0. The molecule has 9 heavy (non-hydrogen) atoms. The molecule has 1 unspecified atom stereocenters. The van der Waals surface area contributed by atoms with Gasteiger partial charge in [-0.05, 0) is 18.8 Å². The average Bonchev–Trinajstić information content (AvgIpc) is 2.65. The number of ether oxygens (including phenoxy) is 1. The molecule has 1 saturated carbocycles. The van der Waals surface area contributed by atoms with Gasteiger partial charge in [0, 0.05) is 6.61 Å². The molecule has 0 aromatic rings. The van der Waals surface area contributed by atoms with E-state index in [1.54, 1.807) is 0 Å². The van der Waals surface area contributed by atoms with Crippen molar-refractivity contribution in [3.8, 4) is 0 Å². The predicted molar refractivity (Wildman–Crippen MR) is 38.4 cm³/mol. The predicted octanol–water partition coefficient (Wildman–Crippen LogP) is 2.21. The average molecular weight is 128 g/mol. The van der Waals surface area contributed by atoms with E-state index < -0.39 is 0 Å². The quantitative estimate of drug-likeness (QED) is 0.564. The van der Waals surface area contributed by atoms with Gasteiger partial charge in [0.2, 0.25) is 0 Å². The zero-order valence-electron chi connectivity index (χ0n) is 6.39. The summed E-state index contributed by atoms with van der Waals surface area (Å²) in [7, 11) is 0. The molecule has 0 heterocycles. The Morgan fingerprint density at radius 2 is 2.22 bits per heavy atom. The van der Waals surface area contributed by atoms with E-state index in [1.807, 2.05) is 0 Å². The van der Waals surface area contributed by atoms with Crippen LogP contribution in [0.3, 0.4) is 0 Å². The van der Waals surface area contributed by atoms with Crippen molar-refractivity contribution in [3.05, 3.63) is 0 Å². The summed E-state index contributed by atoms with van der Waals surface area (Å²) in [5.41, 5.74) is 0. The van der Waals surface area contributed by atoms with Gasteiger partial charge in [0.15, 0.2) is 0 Å². The van der Waals surface area contributed by atoms with Crippen molar-refractivity contribution < 1.29 is 4.74 Å². The molecule has 0 aromatic heterocycles. The maximum absolute atomic E-state index is 5.51. The minimum absolute atomic E-state index is 0.638. The van der Waals surface area contributed by atoms with Crippen molar-refractivity contribution in [3.63, 3.8) is 0 Å². The fourth-order valence-electron chi connectivity index (χ4n) is 0.653. The molecule has 1 aliphatic rings. The minimum Gasteiger partial charge on any atom is -0.378 e. The van der Waals surface area contributed by atoms with Crippen LogP contribution in [0.2, 0.25) is 0 Å². The van der Waals surface area contributed by atoms with Crippen molar-refractivity contribution in [1.29, 1.82) is 0 Å². The highest BCUT2D eigenvalue weighted by atomic mass is 16.5.